The maximum Gasteiger partial charge on any atom is 0.0519 e. The Bertz CT molecular complexity index is 144. The van der Waals surface area contributed by atoms with E-state index in [0.717, 1.165) is 19.6 Å². The van der Waals surface area contributed by atoms with Gasteiger partial charge in [0, 0.05) is 18.5 Å². The van der Waals surface area contributed by atoms with Crippen LogP contribution >= 0.6 is 0 Å². The molecule has 0 unspecified atom stereocenters. The normalized spacial score (nSPS) is 12.9. The van der Waals surface area contributed by atoms with E-state index in [1.54, 1.807) is 0 Å². The Balaban J connectivity index is 4.14. The lowest BCUT2D eigenvalue weighted by atomic mass is 9.92. The first kappa shape index (κ1) is 13.9. The van der Waals surface area contributed by atoms with Crippen molar-refractivity contribution in [1.29, 1.82) is 0 Å². The Morgan fingerprint density at radius 2 is 1.71 bits per heavy atom. The molecule has 0 aromatic rings. The van der Waals surface area contributed by atoms with E-state index in [9.17, 15) is 10.2 Å². The van der Waals surface area contributed by atoms with Crippen molar-refractivity contribution >= 4 is 0 Å². The van der Waals surface area contributed by atoms with Gasteiger partial charge in [-0.3, -0.25) is 0 Å². The molecule has 0 saturated heterocycles. The molecular weight excluding hydrogens is 178 g/mol. The standard InChI is InChI=1S/C11H25NO2/c1-5-12(6-10(2)3)7-11(4,8-13)9-14/h10,13-14H,5-9H2,1-4H3. The van der Waals surface area contributed by atoms with Crippen molar-refractivity contribution in [1.82, 2.24) is 4.90 Å². The summed E-state index contributed by atoms with van der Waals surface area (Å²) in [6.45, 7) is 11.2. The van der Waals surface area contributed by atoms with E-state index in [1.165, 1.54) is 0 Å². The minimum atomic E-state index is -0.370. The summed E-state index contributed by atoms with van der Waals surface area (Å²) >= 11 is 0. The molecule has 3 heteroatoms. The zero-order valence-electron chi connectivity index (χ0n) is 9.95. The lowest BCUT2D eigenvalue weighted by molar-refractivity contribution is 0.0335. The average molecular weight is 203 g/mol. The lowest BCUT2D eigenvalue weighted by Crippen LogP contribution is -2.42. The fourth-order valence-electron chi connectivity index (χ4n) is 1.51. The van der Waals surface area contributed by atoms with Crippen LogP contribution < -0.4 is 0 Å². The van der Waals surface area contributed by atoms with Crippen molar-refractivity contribution in [3.05, 3.63) is 0 Å². The summed E-state index contributed by atoms with van der Waals surface area (Å²) in [7, 11) is 0. The van der Waals surface area contributed by atoms with Crippen LogP contribution in [-0.4, -0.2) is 48.0 Å². The van der Waals surface area contributed by atoms with Gasteiger partial charge < -0.3 is 15.1 Å². The zero-order chi connectivity index (χ0) is 11.2. The molecule has 0 aliphatic carbocycles. The van der Waals surface area contributed by atoms with Gasteiger partial charge in [0.2, 0.25) is 0 Å². The third-order valence-corrected chi connectivity index (χ3v) is 2.44. The van der Waals surface area contributed by atoms with Gasteiger partial charge in [-0.05, 0) is 12.5 Å². The molecule has 0 aliphatic heterocycles. The van der Waals surface area contributed by atoms with Crippen molar-refractivity contribution in [3.8, 4) is 0 Å². The average Bonchev–Trinajstić information content (AvgIpc) is 2.16. The summed E-state index contributed by atoms with van der Waals surface area (Å²) in [5.74, 6) is 0.622. The first-order valence-corrected chi connectivity index (χ1v) is 5.41. The van der Waals surface area contributed by atoms with E-state index in [-0.39, 0.29) is 18.6 Å². The molecule has 0 fully saturated rings. The van der Waals surface area contributed by atoms with E-state index in [0.29, 0.717) is 5.92 Å². The minimum Gasteiger partial charge on any atom is -0.396 e. The van der Waals surface area contributed by atoms with Crippen molar-refractivity contribution < 1.29 is 10.2 Å². The molecular formula is C11H25NO2. The Morgan fingerprint density at radius 3 is 2.00 bits per heavy atom. The van der Waals surface area contributed by atoms with Crippen LogP contribution in [0.5, 0.6) is 0 Å². The molecule has 0 bridgehead atoms. The molecule has 0 saturated carbocycles. The maximum absolute atomic E-state index is 9.18. The Kier molecular flexibility index (Phi) is 6.33. The second-order valence-electron chi connectivity index (χ2n) is 4.85. The molecule has 0 radical (unpaired) electrons. The topological polar surface area (TPSA) is 43.7 Å². The first-order chi connectivity index (χ1) is 6.47. The summed E-state index contributed by atoms with van der Waals surface area (Å²) < 4.78 is 0. The molecule has 0 aromatic heterocycles. The Hall–Kier alpha value is -0.120. The van der Waals surface area contributed by atoms with Crippen LogP contribution in [0.25, 0.3) is 0 Å². The summed E-state index contributed by atoms with van der Waals surface area (Å²) in [6.07, 6.45) is 0. The van der Waals surface area contributed by atoms with Crippen molar-refractivity contribution in [2.45, 2.75) is 27.7 Å². The highest BCUT2D eigenvalue weighted by atomic mass is 16.3. The molecule has 86 valence electrons. The van der Waals surface area contributed by atoms with Gasteiger partial charge in [0.15, 0.2) is 0 Å². The number of aliphatic hydroxyl groups is 2. The van der Waals surface area contributed by atoms with Gasteiger partial charge in [0.25, 0.3) is 0 Å². The maximum atomic E-state index is 9.18. The van der Waals surface area contributed by atoms with Gasteiger partial charge in [-0.2, -0.15) is 0 Å². The highest BCUT2D eigenvalue weighted by Gasteiger charge is 2.25. The molecule has 14 heavy (non-hydrogen) atoms. The number of nitrogens with zero attached hydrogens (tertiary/aromatic N) is 1. The van der Waals surface area contributed by atoms with Crippen molar-refractivity contribution in [3.63, 3.8) is 0 Å². The largest absolute Gasteiger partial charge is 0.396 e. The second-order valence-corrected chi connectivity index (χ2v) is 4.85. The molecule has 2 N–H and O–H groups in total. The number of hydrogen-bond acceptors (Lipinski definition) is 3. The third kappa shape index (κ3) is 4.94. The summed E-state index contributed by atoms with van der Waals surface area (Å²) in [5, 5.41) is 18.4. The monoisotopic (exact) mass is 203 g/mol. The summed E-state index contributed by atoms with van der Waals surface area (Å²) in [4.78, 5) is 2.27. The molecule has 0 aromatic carbocycles. The molecule has 0 aliphatic rings. The Labute approximate surface area is 87.7 Å². The molecule has 0 rings (SSSR count). The number of aliphatic hydroxyl groups excluding tert-OH is 2. The fraction of sp³-hybridized carbons (Fsp3) is 1.00. The highest BCUT2D eigenvalue weighted by molar-refractivity contribution is 4.77. The van der Waals surface area contributed by atoms with E-state index >= 15 is 0 Å². The zero-order valence-corrected chi connectivity index (χ0v) is 9.95. The van der Waals surface area contributed by atoms with Gasteiger partial charge in [-0.1, -0.05) is 27.7 Å². The van der Waals surface area contributed by atoms with Gasteiger partial charge in [0.05, 0.1) is 13.2 Å². The van der Waals surface area contributed by atoms with E-state index in [2.05, 4.69) is 25.7 Å². The molecule has 3 nitrogen and oxygen atoms in total. The predicted octanol–water partition coefficient (Wildman–Crippen LogP) is 0.955. The smallest absolute Gasteiger partial charge is 0.0519 e. The van der Waals surface area contributed by atoms with Crippen LogP contribution in [0.3, 0.4) is 0 Å². The van der Waals surface area contributed by atoms with Gasteiger partial charge in [-0.25, -0.2) is 0 Å². The van der Waals surface area contributed by atoms with Crippen LogP contribution in [-0.2, 0) is 0 Å². The van der Waals surface area contributed by atoms with Gasteiger partial charge >= 0.3 is 0 Å². The Morgan fingerprint density at radius 1 is 1.21 bits per heavy atom. The molecule has 0 atom stereocenters. The van der Waals surface area contributed by atoms with Crippen LogP contribution in [0.2, 0.25) is 0 Å². The number of hydrogen-bond donors (Lipinski definition) is 2. The predicted molar refractivity (Wildman–Crippen MR) is 59.2 cm³/mol. The lowest BCUT2D eigenvalue weighted by Gasteiger charge is -2.33. The van der Waals surface area contributed by atoms with Crippen LogP contribution in [0.4, 0.5) is 0 Å². The summed E-state index contributed by atoms with van der Waals surface area (Å²) in [6, 6.07) is 0. The van der Waals surface area contributed by atoms with E-state index < -0.39 is 0 Å². The quantitative estimate of drug-likeness (QED) is 0.647. The van der Waals surface area contributed by atoms with Crippen LogP contribution in [0.15, 0.2) is 0 Å². The second kappa shape index (κ2) is 6.38. The first-order valence-electron chi connectivity index (χ1n) is 5.41. The molecule has 0 heterocycles. The minimum absolute atomic E-state index is 0.0398. The van der Waals surface area contributed by atoms with Crippen LogP contribution in [0.1, 0.15) is 27.7 Å². The SMILES string of the molecule is CCN(CC(C)C)CC(C)(CO)CO. The molecule has 0 spiro atoms. The van der Waals surface area contributed by atoms with Crippen molar-refractivity contribution in [2.24, 2.45) is 11.3 Å². The summed E-state index contributed by atoms with van der Waals surface area (Å²) in [5.41, 5.74) is -0.370. The van der Waals surface area contributed by atoms with E-state index in [1.807, 2.05) is 6.92 Å². The van der Waals surface area contributed by atoms with Gasteiger partial charge in [0.1, 0.15) is 0 Å². The van der Waals surface area contributed by atoms with Crippen LogP contribution in [0, 0.1) is 11.3 Å². The van der Waals surface area contributed by atoms with Crippen molar-refractivity contribution in [2.75, 3.05) is 32.8 Å². The number of rotatable bonds is 7. The highest BCUT2D eigenvalue weighted by Crippen LogP contribution is 2.16. The molecule has 0 amide bonds. The fourth-order valence-corrected chi connectivity index (χ4v) is 1.51. The van der Waals surface area contributed by atoms with Gasteiger partial charge in [-0.15, -0.1) is 0 Å². The third-order valence-electron chi connectivity index (χ3n) is 2.44. The van der Waals surface area contributed by atoms with E-state index in [4.69, 9.17) is 0 Å².